The van der Waals surface area contributed by atoms with Gasteiger partial charge in [0.05, 0.1) is 58.5 Å². The maximum atomic E-state index is 8.74. The van der Waals surface area contributed by atoms with Gasteiger partial charge in [0.2, 0.25) is 0 Å². The van der Waals surface area contributed by atoms with Crippen LogP contribution in [0, 0.1) is 0 Å². The molecule has 10 heteroatoms. The van der Waals surface area contributed by atoms with Gasteiger partial charge in [-0.1, -0.05) is 0 Å². The predicted molar refractivity (Wildman–Crippen MR) is 79.4 cm³/mol. The third kappa shape index (κ3) is 36.7. The molecule has 9 nitrogen and oxygen atoms in total. The summed E-state index contributed by atoms with van der Waals surface area (Å²) in [5.41, 5.74) is -0.107. The van der Waals surface area contributed by atoms with E-state index >= 15 is 0 Å². The number of aliphatic hydroxyl groups is 1. The van der Waals surface area contributed by atoms with Crippen LogP contribution >= 0.6 is 0 Å². The molecule has 0 atom stereocenters. The smallest absolute Gasteiger partial charge is 0.394 e. The average molecular weight is 348 g/mol. The fraction of sp³-hybridized carbons (Fsp3) is 1.00. The number of rotatable bonds is 11. The molecular weight excluding hydrogens is 320 g/mol. The monoisotopic (exact) mass is 348 g/mol. The van der Waals surface area contributed by atoms with Crippen LogP contribution in [0.1, 0.15) is 20.8 Å². The van der Waals surface area contributed by atoms with Crippen molar-refractivity contribution in [3.05, 3.63) is 0 Å². The predicted octanol–water partition coefficient (Wildman–Crippen LogP) is 0.191. The van der Waals surface area contributed by atoms with E-state index in [1.807, 2.05) is 20.8 Å². The first kappa shape index (κ1) is 23.9. The minimum absolute atomic E-state index is 0.0525. The van der Waals surface area contributed by atoms with Crippen molar-refractivity contribution < 1.29 is 41.6 Å². The van der Waals surface area contributed by atoms with Gasteiger partial charge in [0.1, 0.15) is 0 Å². The maximum absolute atomic E-state index is 8.74. The van der Waals surface area contributed by atoms with Crippen molar-refractivity contribution in [3.8, 4) is 0 Å². The third-order valence-electron chi connectivity index (χ3n) is 1.74. The van der Waals surface area contributed by atoms with Crippen molar-refractivity contribution in [1.82, 2.24) is 0 Å². The second kappa shape index (κ2) is 14.3. The van der Waals surface area contributed by atoms with Gasteiger partial charge < -0.3 is 24.1 Å². The zero-order valence-corrected chi connectivity index (χ0v) is 14.2. The largest absolute Gasteiger partial charge is 0.394 e. The van der Waals surface area contributed by atoms with E-state index in [-0.39, 0.29) is 12.2 Å². The van der Waals surface area contributed by atoms with Crippen molar-refractivity contribution in [2.75, 3.05) is 52.9 Å². The van der Waals surface area contributed by atoms with Crippen LogP contribution in [0.4, 0.5) is 0 Å². The lowest BCUT2D eigenvalue weighted by atomic mass is 10.2. The second-order valence-corrected chi connectivity index (χ2v) is 5.87. The highest BCUT2D eigenvalue weighted by molar-refractivity contribution is 7.79. The quantitative estimate of drug-likeness (QED) is 0.353. The van der Waals surface area contributed by atoms with Crippen LogP contribution in [0.3, 0.4) is 0 Å². The van der Waals surface area contributed by atoms with Gasteiger partial charge in [-0.3, -0.25) is 9.11 Å². The Labute approximate surface area is 132 Å². The van der Waals surface area contributed by atoms with Crippen molar-refractivity contribution in [1.29, 1.82) is 0 Å². The molecule has 0 saturated carbocycles. The Kier molecular flexibility index (Phi) is 15.5. The van der Waals surface area contributed by atoms with Gasteiger partial charge in [-0.25, -0.2) is 0 Å². The Bertz CT molecular complexity index is 316. The van der Waals surface area contributed by atoms with Crippen LogP contribution in [-0.4, -0.2) is 81.1 Å². The summed E-state index contributed by atoms with van der Waals surface area (Å²) in [6.45, 7) is 9.81. The van der Waals surface area contributed by atoms with Gasteiger partial charge in [0.15, 0.2) is 0 Å². The molecule has 0 amide bonds. The first-order valence-electron chi connectivity index (χ1n) is 6.74. The molecule has 136 valence electrons. The number of hydrogen-bond donors (Lipinski definition) is 3. The first-order valence-corrected chi connectivity index (χ1v) is 8.14. The summed E-state index contributed by atoms with van der Waals surface area (Å²) < 4.78 is 52.7. The van der Waals surface area contributed by atoms with E-state index in [1.54, 1.807) is 0 Å². The summed E-state index contributed by atoms with van der Waals surface area (Å²) in [6, 6.07) is 0. The molecule has 0 aliphatic rings. The van der Waals surface area contributed by atoms with Crippen LogP contribution in [0.2, 0.25) is 0 Å². The van der Waals surface area contributed by atoms with Gasteiger partial charge in [-0.15, -0.1) is 0 Å². The molecule has 0 rings (SSSR count). The minimum atomic E-state index is -4.67. The molecule has 22 heavy (non-hydrogen) atoms. The van der Waals surface area contributed by atoms with E-state index in [0.717, 1.165) is 0 Å². The zero-order chi connectivity index (χ0) is 17.5. The van der Waals surface area contributed by atoms with Gasteiger partial charge >= 0.3 is 10.4 Å². The Hall–Kier alpha value is -0.330. The topological polar surface area (TPSA) is 132 Å². The standard InChI is InChI=1S/C12H26O5.H2O4S/c1-12(2,3)17-11-10-16-9-8-15-7-6-14-5-4-13;1-5(2,3)4/h13H,4-11H2,1-3H3;(H2,1,2,3,4). The van der Waals surface area contributed by atoms with Gasteiger partial charge in [0, 0.05) is 0 Å². The van der Waals surface area contributed by atoms with Gasteiger partial charge in [-0.2, -0.15) is 8.42 Å². The second-order valence-electron chi connectivity index (χ2n) is 4.97. The van der Waals surface area contributed by atoms with E-state index in [4.69, 9.17) is 41.6 Å². The average Bonchev–Trinajstić information content (AvgIpc) is 2.32. The molecule has 0 aliphatic heterocycles. The maximum Gasteiger partial charge on any atom is 0.394 e. The van der Waals surface area contributed by atoms with Crippen LogP contribution in [0.25, 0.3) is 0 Å². The number of ether oxygens (including phenoxy) is 4. The van der Waals surface area contributed by atoms with Crippen molar-refractivity contribution in [2.24, 2.45) is 0 Å². The van der Waals surface area contributed by atoms with Crippen LogP contribution in [0.5, 0.6) is 0 Å². The van der Waals surface area contributed by atoms with E-state index in [0.29, 0.717) is 46.2 Å². The molecule has 0 aromatic carbocycles. The minimum Gasteiger partial charge on any atom is -0.394 e. The van der Waals surface area contributed by atoms with Crippen LogP contribution in [-0.2, 0) is 29.3 Å². The molecule has 0 spiro atoms. The van der Waals surface area contributed by atoms with Gasteiger partial charge in [0.25, 0.3) is 0 Å². The van der Waals surface area contributed by atoms with E-state index in [1.165, 1.54) is 0 Å². The van der Waals surface area contributed by atoms with E-state index < -0.39 is 10.4 Å². The van der Waals surface area contributed by atoms with E-state index in [2.05, 4.69) is 0 Å². The molecule has 0 saturated heterocycles. The molecule has 3 N–H and O–H groups in total. The molecule has 0 aromatic heterocycles. The third-order valence-corrected chi connectivity index (χ3v) is 1.74. The lowest BCUT2D eigenvalue weighted by Gasteiger charge is -2.19. The lowest BCUT2D eigenvalue weighted by Crippen LogP contribution is -2.22. The number of aliphatic hydroxyl groups excluding tert-OH is 1. The lowest BCUT2D eigenvalue weighted by molar-refractivity contribution is -0.0454. The van der Waals surface area contributed by atoms with Crippen LogP contribution < -0.4 is 0 Å². The summed E-state index contributed by atoms with van der Waals surface area (Å²) in [7, 11) is -4.67. The highest BCUT2D eigenvalue weighted by Crippen LogP contribution is 2.05. The summed E-state index contributed by atoms with van der Waals surface area (Å²) >= 11 is 0. The molecule has 0 heterocycles. The van der Waals surface area contributed by atoms with Crippen molar-refractivity contribution >= 4 is 10.4 Å². The Morgan fingerprint density at radius 1 is 0.773 bits per heavy atom. The molecule has 0 bridgehead atoms. The van der Waals surface area contributed by atoms with Gasteiger partial charge in [-0.05, 0) is 20.8 Å². The summed E-state index contributed by atoms with van der Waals surface area (Å²) in [4.78, 5) is 0. The van der Waals surface area contributed by atoms with Crippen LogP contribution in [0.15, 0.2) is 0 Å². The first-order chi connectivity index (χ1) is 10.1. The summed E-state index contributed by atoms with van der Waals surface area (Å²) in [6.07, 6.45) is 0. The number of hydrogen-bond acceptors (Lipinski definition) is 7. The zero-order valence-electron chi connectivity index (χ0n) is 13.4. The molecule has 0 unspecified atom stereocenters. The highest BCUT2D eigenvalue weighted by Gasteiger charge is 2.08. The molecular formula is C12H28O9S. The Balaban J connectivity index is 0. The fourth-order valence-corrected chi connectivity index (χ4v) is 1.01. The molecule has 0 radical (unpaired) electrons. The molecule has 0 fully saturated rings. The molecule has 0 aromatic rings. The SMILES string of the molecule is CC(C)(C)OCCOCCOCCOCCO.O=S(=O)(O)O. The summed E-state index contributed by atoms with van der Waals surface area (Å²) in [5, 5.41) is 8.45. The Morgan fingerprint density at radius 3 is 1.41 bits per heavy atom. The van der Waals surface area contributed by atoms with Crippen molar-refractivity contribution in [3.63, 3.8) is 0 Å². The van der Waals surface area contributed by atoms with Crippen molar-refractivity contribution in [2.45, 2.75) is 26.4 Å². The normalized spacial score (nSPS) is 11.9. The molecule has 0 aliphatic carbocycles. The fourth-order valence-electron chi connectivity index (χ4n) is 1.01. The highest BCUT2D eigenvalue weighted by atomic mass is 32.3. The Morgan fingerprint density at radius 2 is 1.09 bits per heavy atom. The summed E-state index contributed by atoms with van der Waals surface area (Å²) in [5.74, 6) is 0. The van der Waals surface area contributed by atoms with E-state index in [9.17, 15) is 0 Å².